The van der Waals surface area contributed by atoms with E-state index in [4.69, 9.17) is 16.3 Å². The van der Waals surface area contributed by atoms with E-state index < -0.39 is 12.1 Å². The van der Waals surface area contributed by atoms with E-state index >= 15 is 0 Å². The fourth-order valence-corrected chi connectivity index (χ4v) is 2.06. The minimum absolute atomic E-state index is 0.204. The molecule has 0 spiro atoms. The SMILES string of the molecule is C[C@@H](/C=C\OC(=O)c1ccccc1)[C@@H](O)c1ccc(Cl)cc1. The van der Waals surface area contributed by atoms with Gasteiger partial charge in [-0.15, -0.1) is 0 Å². The van der Waals surface area contributed by atoms with Crippen LogP contribution in [-0.4, -0.2) is 11.1 Å². The fourth-order valence-electron chi connectivity index (χ4n) is 1.94. The molecule has 0 radical (unpaired) electrons. The first kappa shape index (κ1) is 16.3. The minimum atomic E-state index is -0.691. The maximum absolute atomic E-state index is 11.8. The number of carbonyl (C=O) groups excluding carboxylic acids is 1. The third-order valence-electron chi connectivity index (χ3n) is 3.28. The number of carbonyl (C=O) groups is 1. The van der Waals surface area contributed by atoms with Crippen LogP contribution in [0.25, 0.3) is 0 Å². The van der Waals surface area contributed by atoms with Crippen molar-refractivity contribution < 1.29 is 14.6 Å². The zero-order valence-corrected chi connectivity index (χ0v) is 12.9. The maximum atomic E-state index is 11.8. The quantitative estimate of drug-likeness (QED) is 0.657. The maximum Gasteiger partial charge on any atom is 0.342 e. The van der Waals surface area contributed by atoms with Crippen LogP contribution < -0.4 is 0 Å². The number of benzene rings is 2. The highest BCUT2D eigenvalue weighted by molar-refractivity contribution is 6.30. The zero-order valence-electron chi connectivity index (χ0n) is 12.1. The van der Waals surface area contributed by atoms with E-state index in [0.717, 1.165) is 5.56 Å². The second kappa shape index (κ2) is 7.78. The number of ether oxygens (including phenoxy) is 1. The molecule has 2 aromatic rings. The molecule has 0 unspecified atom stereocenters. The van der Waals surface area contributed by atoms with Gasteiger partial charge in [0.15, 0.2) is 0 Å². The van der Waals surface area contributed by atoms with Crippen LogP contribution in [0.15, 0.2) is 66.9 Å². The number of halogens is 1. The number of aliphatic hydroxyl groups excluding tert-OH is 1. The van der Waals surface area contributed by atoms with E-state index in [-0.39, 0.29) is 5.92 Å². The standard InChI is InChI=1S/C18H17ClO3/c1-13(17(20)14-7-9-16(19)10-8-14)11-12-22-18(21)15-5-3-2-4-6-15/h2-13,17,20H,1H3/b12-11-/t13-,17+/m0/s1. The highest BCUT2D eigenvalue weighted by Crippen LogP contribution is 2.24. The first-order chi connectivity index (χ1) is 10.6. The molecule has 2 aromatic carbocycles. The molecule has 114 valence electrons. The van der Waals surface area contributed by atoms with Gasteiger partial charge in [0, 0.05) is 10.9 Å². The van der Waals surface area contributed by atoms with Crippen molar-refractivity contribution in [1.82, 2.24) is 0 Å². The van der Waals surface area contributed by atoms with Crippen molar-refractivity contribution in [3.63, 3.8) is 0 Å². The number of hydrogen-bond acceptors (Lipinski definition) is 3. The molecule has 0 aromatic heterocycles. The smallest absolute Gasteiger partial charge is 0.342 e. The molecule has 0 aliphatic rings. The molecule has 0 heterocycles. The van der Waals surface area contributed by atoms with Crippen LogP contribution in [0.4, 0.5) is 0 Å². The molecule has 22 heavy (non-hydrogen) atoms. The molecule has 0 aliphatic heterocycles. The topological polar surface area (TPSA) is 46.5 Å². The normalized spacial score (nSPS) is 13.8. The van der Waals surface area contributed by atoms with Crippen molar-refractivity contribution in [3.05, 3.63) is 83.1 Å². The Bertz CT molecular complexity index is 635. The molecule has 0 amide bonds. The molecule has 0 fully saturated rings. The molecule has 2 rings (SSSR count). The van der Waals surface area contributed by atoms with E-state index in [1.807, 2.05) is 13.0 Å². The van der Waals surface area contributed by atoms with E-state index in [9.17, 15) is 9.90 Å². The molecule has 2 atom stereocenters. The first-order valence-corrected chi connectivity index (χ1v) is 7.32. The first-order valence-electron chi connectivity index (χ1n) is 6.94. The van der Waals surface area contributed by atoms with Crippen LogP contribution >= 0.6 is 11.6 Å². The number of hydrogen-bond donors (Lipinski definition) is 1. The Morgan fingerprint density at radius 3 is 2.41 bits per heavy atom. The fraction of sp³-hybridized carbons (Fsp3) is 0.167. The van der Waals surface area contributed by atoms with Gasteiger partial charge in [0.1, 0.15) is 0 Å². The monoisotopic (exact) mass is 316 g/mol. The largest absolute Gasteiger partial charge is 0.431 e. The average molecular weight is 317 g/mol. The van der Waals surface area contributed by atoms with E-state index in [0.29, 0.717) is 10.6 Å². The minimum Gasteiger partial charge on any atom is -0.431 e. The summed E-state index contributed by atoms with van der Waals surface area (Å²) < 4.78 is 5.05. The molecule has 3 nitrogen and oxygen atoms in total. The van der Waals surface area contributed by atoms with Gasteiger partial charge >= 0.3 is 5.97 Å². The van der Waals surface area contributed by atoms with Gasteiger partial charge in [-0.3, -0.25) is 0 Å². The van der Waals surface area contributed by atoms with E-state index in [1.165, 1.54) is 6.26 Å². The summed E-state index contributed by atoms with van der Waals surface area (Å²) in [5.41, 5.74) is 1.24. The lowest BCUT2D eigenvalue weighted by molar-refractivity contribution is 0.0657. The summed E-state index contributed by atoms with van der Waals surface area (Å²) in [5, 5.41) is 10.8. The summed E-state index contributed by atoms with van der Waals surface area (Å²) in [6.45, 7) is 1.84. The lowest BCUT2D eigenvalue weighted by Crippen LogP contribution is -2.07. The highest BCUT2D eigenvalue weighted by atomic mass is 35.5. The molecule has 0 aliphatic carbocycles. The van der Waals surface area contributed by atoms with Crippen LogP contribution in [-0.2, 0) is 4.74 Å². The molecule has 1 N–H and O–H groups in total. The van der Waals surface area contributed by atoms with Gasteiger partial charge in [0.05, 0.1) is 17.9 Å². The molecule has 4 heteroatoms. The third-order valence-corrected chi connectivity index (χ3v) is 3.53. The summed E-state index contributed by atoms with van der Waals surface area (Å²) in [7, 11) is 0. The summed E-state index contributed by atoms with van der Waals surface area (Å²) in [4.78, 5) is 11.8. The number of rotatable bonds is 5. The molecule has 0 saturated carbocycles. The van der Waals surface area contributed by atoms with Crippen molar-refractivity contribution in [2.45, 2.75) is 13.0 Å². The summed E-state index contributed by atoms with van der Waals surface area (Å²) in [6.07, 6.45) is 2.28. The van der Waals surface area contributed by atoms with Crippen LogP contribution in [0, 0.1) is 5.92 Å². The summed E-state index contributed by atoms with van der Waals surface area (Å²) in [5.74, 6) is -0.630. The van der Waals surface area contributed by atoms with Crippen molar-refractivity contribution in [1.29, 1.82) is 0 Å². The number of aliphatic hydroxyl groups is 1. The molecular weight excluding hydrogens is 300 g/mol. The van der Waals surface area contributed by atoms with Crippen LogP contribution in [0.1, 0.15) is 28.9 Å². The van der Waals surface area contributed by atoms with E-state index in [2.05, 4.69) is 0 Å². The van der Waals surface area contributed by atoms with Crippen LogP contribution in [0.5, 0.6) is 0 Å². The van der Waals surface area contributed by atoms with Crippen molar-refractivity contribution in [2.24, 2.45) is 5.92 Å². The van der Waals surface area contributed by atoms with Crippen LogP contribution in [0.3, 0.4) is 0 Å². The molecule has 0 saturated heterocycles. The van der Waals surface area contributed by atoms with Gasteiger partial charge in [-0.1, -0.05) is 48.9 Å². The van der Waals surface area contributed by atoms with Crippen molar-refractivity contribution >= 4 is 17.6 Å². The number of esters is 1. The molecule has 0 bridgehead atoms. The Labute approximate surface area is 134 Å². The Balaban J connectivity index is 1.92. The molecular formula is C18H17ClO3. The van der Waals surface area contributed by atoms with Gasteiger partial charge in [-0.2, -0.15) is 0 Å². The third kappa shape index (κ3) is 4.45. The van der Waals surface area contributed by atoms with Gasteiger partial charge < -0.3 is 9.84 Å². The lowest BCUT2D eigenvalue weighted by atomic mass is 9.98. The Morgan fingerprint density at radius 2 is 1.77 bits per heavy atom. The highest BCUT2D eigenvalue weighted by Gasteiger charge is 2.14. The van der Waals surface area contributed by atoms with Gasteiger partial charge in [-0.05, 0) is 35.9 Å². The van der Waals surface area contributed by atoms with Crippen LogP contribution in [0.2, 0.25) is 5.02 Å². The van der Waals surface area contributed by atoms with E-state index in [1.54, 1.807) is 54.6 Å². The summed E-state index contributed by atoms with van der Waals surface area (Å²) in [6, 6.07) is 15.7. The Hall–Kier alpha value is -2.10. The lowest BCUT2D eigenvalue weighted by Gasteiger charge is -2.15. The zero-order chi connectivity index (χ0) is 15.9. The predicted molar refractivity (Wildman–Crippen MR) is 86.6 cm³/mol. The summed E-state index contributed by atoms with van der Waals surface area (Å²) >= 11 is 5.82. The van der Waals surface area contributed by atoms with Crippen molar-refractivity contribution in [3.8, 4) is 0 Å². The Kier molecular flexibility index (Phi) is 5.75. The Morgan fingerprint density at radius 1 is 1.14 bits per heavy atom. The van der Waals surface area contributed by atoms with Gasteiger partial charge in [0.2, 0.25) is 0 Å². The average Bonchev–Trinajstić information content (AvgIpc) is 2.55. The van der Waals surface area contributed by atoms with Gasteiger partial charge in [-0.25, -0.2) is 4.79 Å². The second-order valence-corrected chi connectivity index (χ2v) is 5.39. The predicted octanol–water partition coefficient (Wildman–Crippen LogP) is 4.38. The van der Waals surface area contributed by atoms with Crippen molar-refractivity contribution in [2.75, 3.05) is 0 Å². The van der Waals surface area contributed by atoms with Gasteiger partial charge in [0.25, 0.3) is 0 Å². The second-order valence-electron chi connectivity index (χ2n) is 4.96.